The first-order valence-corrected chi connectivity index (χ1v) is 9.44. The van der Waals surface area contributed by atoms with Crippen molar-refractivity contribution >= 4 is 5.91 Å². The zero-order valence-electron chi connectivity index (χ0n) is 17.3. The summed E-state index contributed by atoms with van der Waals surface area (Å²) >= 11 is 0. The van der Waals surface area contributed by atoms with Gasteiger partial charge in [0, 0.05) is 0 Å². The highest BCUT2D eigenvalue weighted by Crippen LogP contribution is 2.25. The molecule has 2 rings (SSSR count). The number of hydrogen-bond acceptors (Lipinski definition) is 3. The van der Waals surface area contributed by atoms with Crippen LogP contribution >= 0.6 is 0 Å². The summed E-state index contributed by atoms with van der Waals surface area (Å²) in [6.45, 7) is 10.4. The second-order valence-corrected chi connectivity index (χ2v) is 7.52. The second kappa shape index (κ2) is 9.45. The van der Waals surface area contributed by atoms with Crippen molar-refractivity contribution in [1.29, 1.82) is 0 Å². The highest BCUT2D eigenvalue weighted by atomic mass is 16.5. The smallest absolute Gasteiger partial charge is 0.258 e. The molecule has 0 aromatic heterocycles. The number of rotatable bonds is 8. The zero-order valence-corrected chi connectivity index (χ0v) is 17.3. The van der Waals surface area contributed by atoms with E-state index >= 15 is 0 Å². The van der Waals surface area contributed by atoms with Crippen molar-refractivity contribution in [2.45, 2.75) is 47.1 Å². The van der Waals surface area contributed by atoms with Gasteiger partial charge in [-0.15, -0.1) is 0 Å². The lowest BCUT2D eigenvalue weighted by atomic mass is 9.97. The van der Waals surface area contributed by atoms with Crippen molar-refractivity contribution < 1.29 is 14.3 Å². The van der Waals surface area contributed by atoms with Crippen LogP contribution in [0.25, 0.3) is 0 Å². The topological polar surface area (TPSA) is 47.6 Å². The zero-order chi connectivity index (χ0) is 20.0. The molecule has 0 spiro atoms. The van der Waals surface area contributed by atoms with Gasteiger partial charge in [0.25, 0.3) is 5.91 Å². The maximum absolute atomic E-state index is 12.5. The number of methoxy groups -OCH3 is 1. The molecule has 0 radical (unpaired) electrons. The summed E-state index contributed by atoms with van der Waals surface area (Å²) < 4.78 is 11.0. The number of carbonyl (C=O) groups is 1. The summed E-state index contributed by atoms with van der Waals surface area (Å²) in [6.07, 6.45) is 0.862. The van der Waals surface area contributed by atoms with Gasteiger partial charge in [0.1, 0.15) is 11.5 Å². The van der Waals surface area contributed by atoms with Crippen LogP contribution in [0.2, 0.25) is 0 Å². The summed E-state index contributed by atoms with van der Waals surface area (Å²) in [4.78, 5) is 12.5. The quantitative estimate of drug-likeness (QED) is 0.720. The third-order valence-electron chi connectivity index (χ3n) is 4.68. The molecule has 1 atom stereocenters. The van der Waals surface area contributed by atoms with Crippen molar-refractivity contribution in [1.82, 2.24) is 5.32 Å². The van der Waals surface area contributed by atoms with Gasteiger partial charge in [-0.05, 0) is 73.6 Å². The van der Waals surface area contributed by atoms with Gasteiger partial charge in [0.2, 0.25) is 0 Å². The minimum Gasteiger partial charge on any atom is -0.497 e. The largest absolute Gasteiger partial charge is 0.497 e. The average molecular weight is 370 g/mol. The fourth-order valence-corrected chi connectivity index (χ4v) is 3.12. The first kappa shape index (κ1) is 20.8. The number of amides is 1. The van der Waals surface area contributed by atoms with Crippen LogP contribution in [0.4, 0.5) is 0 Å². The summed E-state index contributed by atoms with van der Waals surface area (Å²) in [5.41, 5.74) is 4.44. The highest BCUT2D eigenvalue weighted by molar-refractivity contribution is 5.78. The van der Waals surface area contributed by atoms with Gasteiger partial charge < -0.3 is 14.8 Å². The molecule has 1 N–H and O–H groups in total. The Labute approximate surface area is 162 Å². The molecule has 27 heavy (non-hydrogen) atoms. The van der Waals surface area contributed by atoms with E-state index in [-0.39, 0.29) is 18.6 Å². The maximum atomic E-state index is 12.5. The summed E-state index contributed by atoms with van der Waals surface area (Å²) in [5, 5.41) is 3.12. The molecule has 2 aromatic rings. The van der Waals surface area contributed by atoms with Crippen LogP contribution in [-0.4, -0.2) is 19.6 Å². The molecule has 0 aliphatic heterocycles. The first-order chi connectivity index (χ1) is 12.8. The fourth-order valence-electron chi connectivity index (χ4n) is 3.12. The summed E-state index contributed by atoms with van der Waals surface area (Å²) in [7, 11) is 1.65. The van der Waals surface area contributed by atoms with Crippen LogP contribution in [0.3, 0.4) is 0 Å². The maximum Gasteiger partial charge on any atom is 0.258 e. The monoisotopic (exact) mass is 369 g/mol. The molecule has 0 saturated heterocycles. The average Bonchev–Trinajstić information content (AvgIpc) is 2.62. The lowest BCUT2D eigenvalue weighted by Crippen LogP contribution is -2.33. The normalized spacial score (nSPS) is 12.0. The van der Waals surface area contributed by atoms with E-state index in [1.807, 2.05) is 44.2 Å². The molecule has 0 saturated carbocycles. The number of aryl methyl sites for hydroxylation is 2. The van der Waals surface area contributed by atoms with E-state index in [4.69, 9.17) is 9.47 Å². The third-order valence-corrected chi connectivity index (χ3v) is 4.68. The van der Waals surface area contributed by atoms with Gasteiger partial charge in [-0.3, -0.25) is 4.79 Å². The summed E-state index contributed by atoms with van der Waals surface area (Å²) in [5.74, 6) is 1.92. The Hall–Kier alpha value is -2.49. The molecule has 0 bridgehead atoms. The van der Waals surface area contributed by atoms with Crippen LogP contribution in [0.15, 0.2) is 36.4 Å². The molecule has 0 unspecified atom stereocenters. The molecule has 146 valence electrons. The molecule has 0 heterocycles. The number of ether oxygens (including phenoxy) is 2. The predicted molar refractivity (Wildman–Crippen MR) is 109 cm³/mol. The Balaban J connectivity index is 2.05. The number of benzene rings is 2. The molecule has 4 nitrogen and oxygen atoms in total. The number of nitrogens with one attached hydrogen (secondary N) is 1. The number of carbonyl (C=O) groups excluding carboxylic acids is 1. The van der Waals surface area contributed by atoms with E-state index in [1.54, 1.807) is 7.11 Å². The van der Waals surface area contributed by atoms with Crippen LogP contribution in [0.5, 0.6) is 11.5 Å². The molecular weight excluding hydrogens is 338 g/mol. The van der Waals surface area contributed by atoms with Gasteiger partial charge in [-0.2, -0.15) is 0 Å². The van der Waals surface area contributed by atoms with Gasteiger partial charge in [0.15, 0.2) is 6.61 Å². The van der Waals surface area contributed by atoms with Crippen LogP contribution in [0, 0.1) is 26.7 Å². The van der Waals surface area contributed by atoms with E-state index in [1.165, 1.54) is 5.56 Å². The molecular formula is C23H31NO3. The van der Waals surface area contributed by atoms with E-state index in [9.17, 15) is 4.79 Å². The number of hydrogen-bond donors (Lipinski definition) is 1. The van der Waals surface area contributed by atoms with E-state index in [0.29, 0.717) is 5.92 Å². The Morgan fingerprint density at radius 2 is 1.74 bits per heavy atom. The Bertz CT molecular complexity index is 766. The Morgan fingerprint density at radius 1 is 1.07 bits per heavy atom. The van der Waals surface area contributed by atoms with Crippen molar-refractivity contribution in [3.05, 3.63) is 58.7 Å². The first-order valence-electron chi connectivity index (χ1n) is 9.44. The van der Waals surface area contributed by atoms with Crippen LogP contribution in [0.1, 0.15) is 48.6 Å². The lowest BCUT2D eigenvalue weighted by Gasteiger charge is -2.22. The second-order valence-electron chi connectivity index (χ2n) is 7.52. The van der Waals surface area contributed by atoms with Gasteiger partial charge in [0.05, 0.1) is 13.2 Å². The van der Waals surface area contributed by atoms with Crippen molar-refractivity contribution in [2.24, 2.45) is 5.92 Å². The fraction of sp³-hybridized carbons (Fsp3) is 0.435. The lowest BCUT2D eigenvalue weighted by molar-refractivity contribution is -0.124. The van der Waals surface area contributed by atoms with E-state index in [2.05, 4.69) is 32.2 Å². The molecule has 0 aliphatic rings. The molecule has 0 fully saturated rings. The van der Waals surface area contributed by atoms with Crippen molar-refractivity contribution in [2.75, 3.05) is 13.7 Å². The van der Waals surface area contributed by atoms with E-state index in [0.717, 1.165) is 34.6 Å². The minimum absolute atomic E-state index is 0.00842. The van der Waals surface area contributed by atoms with Gasteiger partial charge >= 0.3 is 0 Å². The van der Waals surface area contributed by atoms with Crippen LogP contribution < -0.4 is 14.8 Å². The standard InChI is InChI=1S/C23H31NO3/c1-15(2)11-21(19-7-9-20(26-6)10-8-19)24-23(25)14-27-22-13-16(3)12-17(4)18(22)5/h7-10,12-13,15,21H,11,14H2,1-6H3,(H,24,25)/t21-/m0/s1. The van der Waals surface area contributed by atoms with Crippen molar-refractivity contribution in [3.8, 4) is 11.5 Å². The minimum atomic E-state index is -0.116. The van der Waals surface area contributed by atoms with Crippen molar-refractivity contribution in [3.63, 3.8) is 0 Å². The Morgan fingerprint density at radius 3 is 2.33 bits per heavy atom. The summed E-state index contributed by atoms with van der Waals surface area (Å²) in [6, 6.07) is 11.9. The molecule has 2 aromatic carbocycles. The third kappa shape index (κ3) is 6.02. The van der Waals surface area contributed by atoms with Crippen LogP contribution in [-0.2, 0) is 4.79 Å². The molecule has 4 heteroatoms. The van der Waals surface area contributed by atoms with Gasteiger partial charge in [-0.1, -0.05) is 32.0 Å². The highest BCUT2D eigenvalue weighted by Gasteiger charge is 2.17. The molecule has 1 amide bonds. The SMILES string of the molecule is COc1ccc([C@H](CC(C)C)NC(=O)COc2cc(C)cc(C)c2C)cc1. The Kier molecular flexibility index (Phi) is 7.28. The van der Waals surface area contributed by atoms with E-state index < -0.39 is 0 Å². The molecule has 0 aliphatic carbocycles. The predicted octanol–water partition coefficient (Wildman–Crippen LogP) is 4.90. The van der Waals surface area contributed by atoms with Gasteiger partial charge in [-0.25, -0.2) is 0 Å².